The van der Waals surface area contributed by atoms with Crippen LogP contribution in [0.5, 0.6) is 0 Å². The van der Waals surface area contributed by atoms with Gasteiger partial charge in [-0.2, -0.15) is 0 Å². The Morgan fingerprint density at radius 3 is 1.05 bits per heavy atom. The van der Waals surface area contributed by atoms with E-state index in [4.69, 9.17) is 0 Å². The van der Waals surface area contributed by atoms with E-state index in [1.165, 1.54) is 89.6 Å². The van der Waals surface area contributed by atoms with Crippen LogP contribution in [0.4, 0.5) is 0 Å². The molecule has 5 aromatic carbocycles. The fourth-order valence-electron chi connectivity index (χ4n) is 3.58. The van der Waals surface area contributed by atoms with E-state index < -0.39 is 0 Å². The zero-order valence-corrected chi connectivity index (χ0v) is 46.4. The molecule has 0 fully saturated rings. The molecule has 0 radical (unpaired) electrons. The molecule has 0 atom stereocenters. The molecule has 0 unspecified atom stereocenters. The second-order valence-corrected chi connectivity index (χ2v) is 18.7. The van der Waals surface area contributed by atoms with E-state index in [0.717, 1.165) is 17.8 Å². The monoisotopic (exact) mass is 855 g/mol. The van der Waals surface area contributed by atoms with Crippen LogP contribution in [0.15, 0.2) is 115 Å². The highest BCUT2D eigenvalue weighted by molar-refractivity contribution is 5.85. The highest BCUT2D eigenvalue weighted by Crippen LogP contribution is 2.17. The molecule has 0 N–H and O–H groups in total. The molecule has 0 saturated heterocycles. The predicted octanol–water partition coefficient (Wildman–Crippen LogP) is 22.6. The SMILES string of the molecule is CC.CC(C)(C)C.CC(C)C.CCC.CCC(C)C.CCC(C)C.CCCC.CCCCC.Cc1ccc2ccccc2c1.Cc1cccc2ccccc12.Cc1ccccc1. The van der Waals surface area contributed by atoms with E-state index in [-0.39, 0.29) is 0 Å². The van der Waals surface area contributed by atoms with Gasteiger partial charge >= 0.3 is 0 Å². The largest absolute Gasteiger partial charge is 0.0683 e. The fraction of sp³-hybridized carbons (Fsp3) is 0.581. The third-order valence-electron chi connectivity index (χ3n) is 7.69. The number of hydrogen-bond acceptors (Lipinski definition) is 0. The Kier molecular flexibility index (Phi) is 58.9. The van der Waals surface area contributed by atoms with Gasteiger partial charge in [-0.25, -0.2) is 0 Å². The smallest absolute Gasteiger partial charge is 0.0155 e. The molecule has 5 rings (SSSR count). The van der Waals surface area contributed by atoms with E-state index in [0.29, 0.717) is 5.41 Å². The maximum Gasteiger partial charge on any atom is -0.0155 e. The van der Waals surface area contributed by atoms with Crippen molar-refractivity contribution in [1.82, 2.24) is 0 Å². The lowest BCUT2D eigenvalue weighted by Gasteiger charge is -2.05. The van der Waals surface area contributed by atoms with Gasteiger partial charge in [0, 0.05) is 0 Å². The van der Waals surface area contributed by atoms with Crippen LogP contribution in [0.1, 0.15) is 213 Å². The Bertz CT molecular complexity index is 1500. The fourth-order valence-corrected chi connectivity index (χ4v) is 3.58. The van der Waals surface area contributed by atoms with E-state index in [1.54, 1.807) is 0 Å². The van der Waals surface area contributed by atoms with Crippen LogP contribution in [-0.4, -0.2) is 0 Å². The summed E-state index contributed by atoms with van der Waals surface area (Å²) in [6, 6.07) is 40.0. The Morgan fingerprint density at radius 1 is 0.403 bits per heavy atom. The molecule has 62 heavy (non-hydrogen) atoms. The van der Waals surface area contributed by atoms with Crippen molar-refractivity contribution < 1.29 is 0 Å². The number of aryl methyl sites for hydroxylation is 3. The van der Waals surface area contributed by atoms with Crippen LogP contribution >= 0.6 is 0 Å². The van der Waals surface area contributed by atoms with Crippen molar-refractivity contribution in [2.75, 3.05) is 0 Å². The van der Waals surface area contributed by atoms with Gasteiger partial charge in [0.25, 0.3) is 0 Å². The summed E-state index contributed by atoms with van der Waals surface area (Å²) < 4.78 is 0. The topological polar surface area (TPSA) is 0 Å². The minimum atomic E-state index is 0.500. The van der Waals surface area contributed by atoms with Crippen molar-refractivity contribution in [3.63, 3.8) is 0 Å². The quantitative estimate of drug-likeness (QED) is 0.165. The molecule has 0 spiro atoms. The van der Waals surface area contributed by atoms with E-state index in [2.05, 4.69) is 249 Å². The lowest BCUT2D eigenvalue weighted by atomic mass is 10.0. The first-order chi connectivity index (χ1) is 29.1. The Hall–Kier alpha value is -3.38. The Labute approximate surface area is 392 Å². The number of fused-ring (bicyclic) bond motifs is 2. The number of hydrogen-bond donors (Lipinski definition) is 0. The molecule has 0 heterocycles. The van der Waals surface area contributed by atoms with Gasteiger partial charge in [-0.15, -0.1) is 0 Å². The molecule has 0 saturated carbocycles. The summed E-state index contributed by atoms with van der Waals surface area (Å²) in [6.07, 6.45) is 10.6. The molecular weight excluding hydrogens is 745 g/mol. The first-order valence-corrected chi connectivity index (χ1v) is 25.1. The molecule has 5 aromatic rings. The van der Waals surface area contributed by atoms with Crippen LogP contribution in [0, 0.1) is 43.9 Å². The average Bonchev–Trinajstić information content (AvgIpc) is 3.23. The summed E-state index contributed by atoms with van der Waals surface area (Å²) >= 11 is 0. The standard InChI is InChI=1S/2C11H10.C7H8.4C5H12.2C4H10.C3H8.C2H6/c1-9-5-4-7-10-6-2-3-8-11(9)10;1-9-6-7-10-4-2-3-5-11(10)8-9;1-7-5-3-2-4-6-7;1-5(2,3)4;2*1-4-5(2)3;1-3-5-4-2;1-4(2)3;1-3-4-2;1-3-2;1-2/h2*2-8H,1H3;2-6H,1H3;1-4H3;2*5H,4H2,1-3H3;3-5H2,1-2H3;4H,1-3H3;3-4H2,1-2H3;3H2,1-2H3;1-2H3. The molecule has 0 amide bonds. The van der Waals surface area contributed by atoms with Gasteiger partial charge in [-0.05, 0) is 71.0 Å². The molecule has 0 aliphatic carbocycles. The molecule has 0 bridgehead atoms. The third-order valence-corrected chi connectivity index (χ3v) is 7.69. The summed E-state index contributed by atoms with van der Waals surface area (Å²) in [7, 11) is 0. The summed E-state index contributed by atoms with van der Waals surface area (Å²) in [5, 5.41) is 5.33. The Balaban J connectivity index is -0.000000145. The zero-order valence-electron chi connectivity index (χ0n) is 46.4. The van der Waals surface area contributed by atoms with Crippen LogP contribution in [0.25, 0.3) is 21.5 Å². The molecular formula is C62H110. The van der Waals surface area contributed by atoms with Gasteiger partial charge in [0.05, 0.1) is 0 Å². The first kappa shape index (κ1) is 70.3. The highest BCUT2D eigenvalue weighted by Gasteiger charge is 1.95. The van der Waals surface area contributed by atoms with Gasteiger partial charge in [-0.3, -0.25) is 0 Å². The first-order valence-electron chi connectivity index (χ1n) is 25.1. The number of rotatable bonds is 5. The summed E-state index contributed by atoms with van der Waals surface area (Å²) in [4.78, 5) is 0. The number of unbranched alkanes of at least 4 members (excludes halogenated alkanes) is 3. The second-order valence-electron chi connectivity index (χ2n) is 18.7. The summed E-state index contributed by atoms with van der Waals surface area (Å²) in [5.41, 5.74) is 4.49. The van der Waals surface area contributed by atoms with Crippen molar-refractivity contribution in [2.45, 2.75) is 218 Å². The van der Waals surface area contributed by atoms with Crippen molar-refractivity contribution in [3.8, 4) is 0 Å². The maximum absolute atomic E-state index is 2.22. The summed E-state index contributed by atoms with van der Waals surface area (Å²) in [6.45, 7) is 51.9. The third kappa shape index (κ3) is 63.3. The van der Waals surface area contributed by atoms with Crippen molar-refractivity contribution >= 4 is 21.5 Å². The van der Waals surface area contributed by atoms with E-state index >= 15 is 0 Å². The van der Waals surface area contributed by atoms with Crippen molar-refractivity contribution in [3.05, 3.63) is 132 Å². The molecule has 0 heteroatoms. The van der Waals surface area contributed by atoms with Gasteiger partial charge in [0.1, 0.15) is 0 Å². The van der Waals surface area contributed by atoms with E-state index in [1.807, 2.05) is 32.0 Å². The zero-order chi connectivity index (χ0) is 49.4. The van der Waals surface area contributed by atoms with Crippen LogP contribution in [0.2, 0.25) is 0 Å². The van der Waals surface area contributed by atoms with Gasteiger partial charge in [0.15, 0.2) is 0 Å². The van der Waals surface area contributed by atoms with Crippen LogP contribution < -0.4 is 0 Å². The Morgan fingerprint density at radius 2 is 0.742 bits per heavy atom. The minimum absolute atomic E-state index is 0.500. The molecule has 358 valence electrons. The second kappa shape index (κ2) is 52.0. The predicted molar refractivity (Wildman–Crippen MR) is 298 cm³/mol. The van der Waals surface area contributed by atoms with Crippen molar-refractivity contribution in [2.24, 2.45) is 23.2 Å². The number of benzene rings is 5. The lowest BCUT2D eigenvalue weighted by molar-refractivity contribution is 0.469. The van der Waals surface area contributed by atoms with Crippen molar-refractivity contribution in [1.29, 1.82) is 0 Å². The van der Waals surface area contributed by atoms with E-state index in [9.17, 15) is 0 Å². The molecule has 0 nitrogen and oxygen atoms in total. The highest BCUT2D eigenvalue weighted by atomic mass is 14.0. The normalized spacial score (nSPS) is 9.27. The molecule has 0 aliphatic heterocycles. The molecule has 0 aliphatic rings. The lowest BCUT2D eigenvalue weighted by Crippen LogP contribution is -1.93. The van der Waals surface area contributed by atoms with Gasteiger partial charge < -0.3 is 0 Å². The maximum atomic E-state index is 2.22. The van der Waals surface area contributed by atoms with Crippen LogP contribution in [0.3, 0.4) is 0 Å². The van der Waals surface area contributed by atoms with Gasteiger partial charge in [-0.1, -0.05) is 323 Å². The van der Waals surface area contributed by atoms with Gasteiger partial charge in [0.2, 0.25) is 0 Å². The average molecular weight is 856 g/mol. The molecule has 0 aromatic heterocycles. The van der Waals surface area contributed by atoms with Crippen LogP contribution in [-0.2, 0) is 0 Å². The summed E-state index contributed by atoms with van der Waals surface area (Å²) in [5.74, 6) is 2.60. The minimum Gasteiger partial charge on any atom is -0.0683 e.